The summed E-state index contributed by atoms with van der Waals surface area (Å²) in [6.07, 6.45) is 3.71. The predicted molar refractivity (Wildman–Crippen MR) is 115 cm³/mol. The van der Waals surface area contributed by atoms with E-state index in [1.807, 2.05) is 24.5 Å². The molecule has 0 amide bonds. The smallest absolute Gasteiger partial charge is 0.139 e. The van der Waals surface area contributed by atoms with Crippen molar-refractivity contribution in [1.29, 1.82) is 0 Å². The quantitative estimate of drug-likeness (QED) is 0.232. The fourth-order valence-corrected chi connectivity index (χ4v) is 4.94. The zero-order valence-electron chi connectivity index (χ0n) is 17.2. The van der Waals surface area contributed by atoms with Gasteiger partial charge in [-0.05, 0) is 40.3 Å². The number of benzene rings is 1. The number of fused-ring (bicyclic) bond motifs is 3. The van der Waals surface area contributed by atoms with Gasteiger partial charge in [0, 0.05) is 40.6 Å². The normalized spacial score (nSPS) is 12.4. The van der Waals surface area contributed by atoms with Crippen LogP contribution in [0.1, 0.15) is 26.3 Å². The van der Waals surface area contributed by atoms with Crippen molar-refractivity contribution in [3.63, 3.8) is 0 Å². The zero-order chi connectivity index (χ0) is 19.4. The molecule has 0 aliphatic carbocycles. The van der Waals surface area contributed by atoms with Crippen LogP contribution in [0.15, 0.2) is 47.1 Å². The van der Waals surface area contributed by atoms with E-state index in [9.17, 15) is 0 Å². The first-order valence-electron chi connectivity index (χ1n) is 9.35. The molecule has 4 aromatic rings. The average Bonchev–Trinajstić information content (AvgIpc) is 2.99. The first-order valence-corrected chi connectivity index (χ1v) is 12.9. The van der Waals surface area contributed by atoms with Gasteiger partial charge >= 0.3 is 0 Å². The van der Waals surface area contributed by atoms with Crippen molar-refractivity contribution in [2.75, 3.05) is 0 Å². The van der Waals surface area contributed by atoms with Gasteiger partial charge in [-0.25, -0.2) is 0 Å². The van der Waals surface area contributed by atoms with Gasteiger partial charge in [0.05, 0.1) is 11.1 Å². The molecule has 1 aromatic carbocycles. The van der Waals surface area contributed by atoms with Crippen molar-refractivity contribution in [3.8, 4) is 11.3 Å². The molecule has 0 aliphatic heterocycles. The Morgan fingerprint density at radius 3 is 2.46 bits per heavy atom. The number of pyridine rings is 2. The van der Waals surface area contributed by atoms with Crippen LogP contribution < -0.4 is 5.19 Å². The van der Waals surface area contributed by atoms with Gasteiger partial charge in [-0.1, -0.05) is 52.0 Å². The minimum absolute atomic E-state index is 0. The maximum Gasteiger partial charge on any atom is 0.139 e. The minimum Gasteiger partial charge on any atom is -0.499 e. The first-order chi connectivity index (χ1) is 12.7. The minimum atomic E-state index is -1.60. The van der Waals surface area contributed by atoms with E-state index in [4.69, 9.17) is 4.42 Å². The summed E-state index contributed by atoms with van der Waals surface area (Å²) in [5, 5.41) is 2.45. The summed E-state index contributed by atoms with van der Waals surface area (Å²) in [4.78, 5) is 9.26. The Morgan fingerprint density at radius 2 is 1.79 bits per heavy atom. The molecule has 147 valence electrons. The molecule has 5 heteroatoms. The van der Waals surface area contributed by atoms with Crippen LogP contribution in [0.4, 0.5) is 0 Å². The molecule has 0 aliphatic rings. The molecule has 3 heterocycles. The molecule has 1 radical (unpaired) electrons. The predicted octanol–water partition coefficient (Wildman–Crippen LogP) is 5.68. The summed E-state index contributed by atoms with van der Waals surface area (Å²) in [7, 11) is -1.60. The van der Waals surface area contributed by atoms with Crippen LogP contribution in [0, 0.1) is 6.07 Å². The van der Waals surface area contributed by atoms with Crippen LogP contribution in [0.3, 0.4) is 0 Å². The third-order valence-electron chi connectivity index (χ3n) is 4.99. The Morgan fingerprint density at radius 1 is 1.04 bits per heavy atom. The summed E-state index contributed by atoms with van der Waals surface area (Å²) in [6, 6.07) is 13.8. The first kappa shape index (κ1) is 20.9. The van der Waals surface area contributed by atoms with Crippen LogP contribution >= 0.6 is 0 Å². The van der Waals surface area contributed by atoms with Crippen molar-refractivity contribution >= 4 is 35.3 Å². The third kappa shape index (κ3) is 3.59. The largest absolute Gasteiger partial charge is 0.499 e. The second-order valence-electron chi connectivity index (χ2n) is 9.16. The molecule has 4 rings (SSSR count). The van der Waals surface area contributed by atoms with Gasteiger partial charge in [-0.15, -0.1) is 17.3 Å². The summed E-state index contributed by atoms with van der Waals surface area (Å²) in [5.41, 5.74) is 5.72. The van der Waals surface area contributed by atoms with Gasteiger partial charge in [-0.3, -0.25) is 4.98 Å². The van der Waals surface area contributed by atoms with Crippen molar-refractivity contribution in [2.45, 2.75) is 45.8 Å². The maximum atomic E-state index is 6.29. The molecule has 0 spiro atoms. The topological polar surface area (TPSA) is 38.9 Å². The SMILES string of the molecule is CC(C)(C)c1ccnc(-c2[c-]cc([Si](C)(C)C)c3c2oc2cccnc23)c1.[Ir]. The molecule has 0 saturated heterocycles. The second-order valence-corrected chi connectivity index (χ2v) is 14.2. The Labute approximate surface area is 180 Å². The van der Waals surface area contributed by atoms with Crippen molar-refractivity contribution in [1.82, 2.24) is 9.97 Å². The van der Waals surface area contributed by atoms with E-state index in [-0.39, 0.29) is 25.5 Å². The van der Waals surface area contributed by atoms with Crippen LogP contribution in [0.5, 0.6) is 0 Å². The number of hydrogen-bond acceptors (Lipinski definition) is 3. The standard InChI is InChI=1S/C23H25N2OSi.Ir/c1-23(2,3)15-11-13-24-17(14-15)16-9-10-19(27(4,5)6)20-21-18(26-22(16)20)8-7-12-25-21;/h7-8,10-14H,1-6H3;/q-1;. The molecule has 0 saturated carbocycles. The number of furan rings is 1. The Kier molecular flexibility index (Phi) is 5.39. The molecule has 0 N–H and O–H groups in total. The van der Waals surface area contributed by atoms with Crippen molar-refractivity contribution in [2.24, 2.45) is 0 Å². The van der Waals surface area contributed by atoms with Crippen molar-refractivity contribution in [3.05, 3.63) is 54.4 Å². The fourth-order valence-electron chi connectivity index (χ4n) is 3.45. The van der Waals surface area contributed by atoms with E-state index in [2.05, 4.69) is 74.6 Å². The molecule has 3 aromatic heterocycles. The summed E-state index contributed by atoms with van der Waals surface area (Å²) in [6.45, 7) is 13.7. The number of aromatic nitrogens is 2. The molecule has 0 unspecified atom stereocenters. The zero-order valence-corrected chi connectivity index (χ0v) is 20.6. The Hall–Kier alpha value is -1.81. The van der Waals surface area contributed by atoms with Crippen LogP contribution in [-0.4, -0.2) is 18.0 Å². The van der Waals surface area contributed by atoms with E-state index in [1.165, 1.54) is 10.8 Å². The van der Waals surface area contributed by atoms with Gasteiger partial charge < -0.3 is 9.40 Å². The average molecular weight is 566 g/mol. The van der Waals surface area contributed by atoms with E-state index in [0.717, 1.165) is 33.3 Å². The monoisotopic (exact) mass is 566 g/mol. The molecule has 0 atom stereocenters. The maximum absolute atomic E-state index is 6.29. The third-order valence-corrected chi connectivity index (χ3v) is 7.00. The van der Waals surface area contributed by atoms with Crippen molar-refractivity contribution < 1.29 is 24.5 Å². The van der Waals surface area contributed by atoms with Gasteiger partial charge in [0.15, 0.2) is 0 Å². The molecule has 0 fully saturated rings. The Bertz CT molecular complexity index is 1150. The molecular formula is C23H25IrN2OSi-. The van der Waals surface area contributed by atoms with E-state index in [1.54, 1.807) is 0 Å². The van der Waals surface area contributed by atoms with E-state index >= 15 is 0 Å². The van der Waals surface area contributed by atoms with E-state index in [0.29, 0.717) is 0 Å². The molecule has 28 heavy (non-hydrogen) atoms. The van der Waals surface area contributed by atoms with Crippen LogP contribution in [0.2, 0.25) is 19.6 Å². The second kappa shape index (κ2) is 7.22. The fraction of sp³-hybridized carbons (Fsp3) is 0.304. The molecule has 3 nitrogen and oxygen atoms in total. The number of hydrogen-bond donors (Lipinski definition) is 0. The Balaban J connectivity index is 0.00000225. The molecule has 0 bridgehead atoms. The summed E-state index contributed by atoms with van der Waals surface area (Å²) in [5.74, 6) is 0. The van der Waals surface area contributed by atoms with Crippen LogP contribution in [0.25, 0.3) is 33.3 Å². The van der Waals surface area contributed by atoms with Gasteiger partial charge in [0.2, 0.25) is 0 Å². The van der Waals surface area contributed by atoms with Gasteiger partial charge in [-0.2, -0.15) is 0 Å². The number of rotatable bonds is 2. The summed E-state index contributed by atoms with van der Waals surface area (Å²) < 4.78 is 6.29. The summed E-state index contributed by atoms with van der Waals surface area (Å²) >= 11 is 0. The van der Waals surface area contributed by atoms with Crippen LogP contribution in [-0.2, 0) is 25.5 Å². The molecular weight excluding hydrogens is 541 g/mol. The van der Waals surface area contributed by atoms with E-state index < -0.39 is 8.07 Å². The number of nitrogens with zero attached hydrogens (tertiary/aromatic N) is 2. The van der Waals surface area contributed by atoms with Gasteiger partial charge in [0.25, 0.3) is 0 Å². The van der Waals surface area contributed by atoms with Gasteiger partial charge in [0.1, 0.15) is 5.58 Å².